The third kappa shape index (κ3) is 9.65. The molecule has 0 bridgehead atoms. The van der Waals surface area contributed by atoms with E-state index >= 15 is 0 Å². The number of hydrogen-bond acceptors (Lipinski definition) is 10. The summed E-state index contributed by atoms with van der Waals surface area (Å²) in [6.07, 6.45) is 14.3. The van der Waals surface area contributed by atoms with Gasteiger partial charge in [0.2, 0.25) is 0 Å². The average molecular weight is 719 g/mol. The van der Waals surface area contributed by atoms with E-state index in [-0.39, 0.29) is 0 Å². The summed E-state index contributed by atoms with van der Waals surface area (Å²) in [6.45, 7) is 0.508. The lowest BCUT2D eigenvalue weighted by Gasteiger charge is -2.36. The van der Waals surface area contributed by atoms with Crippen molar-refractivity contribution in [3.05, 3.63) is 145 Å². The Balaban J connectivity index is 1.14. The van der Waals surface area contributed by atoms with Gasteiger partial charge in [-0.1, -0.05) is 12.2 Å². The Morgan fingerprint density at radius 2 is 0.942 bits per heavy atom. The van der Waals surface area contributed by atoms with Crippen LogP contribution in [0.5, 0.6) is 23.0 Å². The SMILES string of the molecule is COc1ccc(NC2=CCC(Nc3ccc(OC)cc3)(OCCSC3(Nc4ccc(OC)cc4)C=CC(Nc4ccc(OC)cc4)=CC3)C=C2)cc1. The van der Waals surface area contributed by atoms with Gasteiger partial charge in [-0.25, -0.2) is 0 Å². The molecular weight excluding hydrogens is 673 g/mol. The quantitative estimate of drug-likeness (QED) is 0.0625. The Kier molecular flexibility index (Phi) is 12.0. The zero-order chi connectivity index (χ0) is 36.2. The van der Waals surface area contributed by atoms with E-state index in [4.69, 9.17) is 23.7 Å². The maximum Gasteiger partial charge on any atom is 0.161 e. The van der Waals surface area contributed by atoms with Gasteiger partial charge in [0.05, 0.1) is 35.0 Å². The van der Waals surface area contributed by atoms with Crippen molar-refractivity contribution in [3.63, 3.8) is 0 Å². The summed E-state index contributed by atoms with van der Waals surface area (Å²) >= 11 is 1.82. The lowest BCUT2D eigenvalue weighted by atomic mass is 10.0. The average Bonchev–Trinajstić information content (AvgIpc) is 3.19. The fraction of sp³-hybridized carbons (Fsp3) is 0.238. The molecular formula is C42H46N4O5S. The molecule has 6 rings (SSSR count). The molecule has 2 unspecified atom stereocenters. The van der Waals surface area contributed by atoms with E-state index in [1.807, 2.05) is 109 Å². The van der Waals surface area contributed by atoms with Crippen molar-refractivity contribution >= 4 is 34.5 Å². The highest BCUT2D eigenvalue weighted by molar-refractivity contribution is 8.00. The first-order valence-electron chi connectivity index (χ1n) is 17.1. The first-order valence-corrected chi connectivity index (χ1v) is 18.1. The van der Waals surface area contributed by atoms with E-state index < -0.39 is 10.6 Å². The standard InChI is InChI=1S/C42H46N4O5S/c1-47-37-13-5-31(6-14-37)43-33-21-25-41(26-22-33,45-35-9-17-39(49-3)18-10-35)51-29-30-52-42(46-36-11-19-40(50-4)20-12-36)27-23-34(24-28-42)44-32-7-15-38(48-2)16-8-32/h5-25,27,43-46H,26,28-30H2,1-4H3. The molecule has 52 heavy (non-hydrogen) atoms. The van der Waals surface area contributed by atoms with Gasteiger partial charge in [-0.3, -0.25) is 0 Å². The Bertz CT molecular complexity index is 1740. The normalized spacial score (nSPS) is 19.2. The van der Waals surface area contributed by atoms with E-state index in [0.29, 0.717) is 13.0 Å². The lowest BCUT2D eigenvalue weighted by molar-refractivity contribution is 0.0240. The van der Waals surface area contributed by atoms with E-state index in [1.165, 1.54) is 0 Å². The van der Waals surface area contributed by atoms with Crippen LogP contribution < -0.4 is 40.2 Å². The third-order valence-electron chi connectivity index (χ3n) is 8.77. The molecule has 2 aliphatic rings. The summed E-state index contributed by atoms with van der Waals surface area (Å²) in [5.41, 5.74) is 5.22. The van der Waals surface area contributed by atoms with Gasteiger partial charge in [-0.05, 0) is 121 Å². The summed E-state index contributed by atoms with van der Waals surface area (Å²) in [7, 11) is 6.69. The maximum atomic E-state index is 6.75. The third-order valence-corrected chi connectivity index (χ3v) is 10.1. The molecule has 2 atom stereocenters. The van der Waals surface area contributed by atoms with Crippen LogP contribution in [0.4, 0.5) is 22.7 Å². The van der Waals surface area contributed by atoms with Crippen LogP contribution in [-0.4, -0.2) is 51.4 Å². The van der Waals surface area contributed by atoms with Gasteiger partial charge in [0.1, 0.15) is 27.9 Å². The topological polar surface area (TPSA) is 94.3 Å². The van der Waals surface area contributed by atoms with Gasteiger partial charge in [0, 0.05) is 52.7 Å². The lowest BCUT2D eigenvalue weighted by Crippen LogP contribution is -2.41. The van der Waals surface area contributed by atoms with Gasteiger partial charge in [0.25, 0.3) is 0 Å². The zero-order valence-corrected chi connectivity index (χ0v) is 30.8. The first kappa shape index (κ1) is 36.3. The minimum Gasteiger partial charge on any atom is -0.497 e. The Hall–Kier alpha value is -5.45. The maximum absolute atomic E-state index is 6.75. The molecule has 9 nitrogen and oxygen atoms in total. The molecule has 10 heteroatoms. The number of nitrogens with one attached hydrogen (secondary N) is 4. The predicted molar refractivity (Wildman–Crippen MR) is 214 cm³/mol. The molecule has 4 N–H and O–H groups in total. The monoisotopic (exact) mass is 718 g/mol. The van der Waals surface area contributed by atoms with E-state index in [2.05, 4.69) is 57.7 Å². The number of allylic oxidation sites excluding steroid dienone is 2. The van der Waals surface area contributed by atoms with Crippen molar-refractivity contribution in [3.8, 4) is 23.0 Å². The van der Waals surface area contributed by atoms with Crippen molar-refractivity contribution in [2.75, 3.05) is 62.1 Å². The minimum absolute atomic E-state index is 0.391. The zero-order valence-electron chi connectivity index (χ0n) is 30.0. The molecule has 4 aromatic rings. The smallest absolute Gasteiger partial charge is 0.161 e. The van der Waals surface area contributed by atoms with Crippen LogP contribution in [0.1, 0.15) is 12.8 Å². The molecule has 0 saturated carbocycles. The van der Waals surface area contributed by atoms with Crippen LogP contribution in [0.25, 0.3) is 0 Å². The Morgan fingerprint density at radius 3 is 1.35 bits per heavy atom. The van der Waals surface area contributed by atoms with Crippen LogP contribution in [-0.2, 0) is 4.74 Å². The van der Waals surface area contributed by atoms with E-state index in [0.717, 1.165) is 69.3 Å². The molecule has 0 radical (unpaired) electrons. The van der Waals surface area contributed by atoms with Crippen molar-refractivity contribution in [2.45, 2.75) is 23.4 Å². The van der Waals surface area contributed by atoms with Crippen LogP contribution in [0.15, 0.2) is 145 Å². The second kappa shape index (κ2) is 17.2. The Morgan fingerprint density at radius 1 is 0.519 bits per heavy atom. The first-order chi connectivity index (χ1) is 25.4. The fourth-order valence-corrected chi connectivity index (χ4v) is 6.95. The molecule has 0 spiro atoms. The molecule has 270 valence electrons. The van der Waals surface area contributed by atoms with Gasteiger partial charge in [-0.15, -0.1) is 11.8 Å². The van der Waals surface area contributed by atoms with Gasteiger partial charge >= 0.3 is 0 Å². The summed E-state index contributed by atoms with van der Waals surface area (Å²) in [4.78, 5) is -0.391. The Labute approximate surface area is 310 Å². The number of thioether (sulfide) groups is 1. The minimum atomic E-state index is -0.741. The number of ether oxygens (including phenoxy) is 5. The van der Waals surface area contributed by atoms with Crippen molar-refractivity contribution in [2.24, 2.45) is 0 Å². The number of benzene rings is 4. The molecule has 0 amide bonds. The number of rotatable bonds is 17. The number of hydrogen-bond donors (Lipinski definition) is 4. The van der Waals surface area contributed by atoms with Crippen molar-refractivity contribution in [1.82, 2.24) is 0 Å². The number of anilines is 4. The van der Waals surface area contributed by atoms with Gasteiger partial charge in [-0.2, -0.15) is 0 Å². The van der Waals surface area contributed by atoms with Gasteiger partial charge < -0.3 is 45.0 Å². The van der Waals surface area contributed by atoms with Gasteiger partial charge in [0.15, 0.2) is 5.72 Å². The molecule has 0 aromatic heterocycles. The number of methoxy groups -OCH3 is 4. The second-order valence-corrected chi connectivity index (χ2v) is 13.7. The summed E-state index contributed by atoms with van der Waals surface area (Å²) in [5.74, 6) is 4.00. The highest BCUT2D eigenvalue weighted by atomic mass is 32.2. The molecule has 2 aliphatic carbocycles. The van der Waals surface area contributed by atoms with Crippen LogP contribution in [0.2, 0.25) is 0 Å². The summed E-state index contributed by atoms with van der Waals surface area (Å²) < 4.78 is 28.2. The van der Waals surface area contributed by atoms with Crippen LogP contribution in [0, 0.1) is 0 Å². The summed E-state index contributed by atoms with van der Waals surface area (Å²) in [6, 6.07) is 31.8. The van der Waals surface area contributed by atoms with E-state index in [1.54, 1.807) is 28.4 Å². The fourth-order valence-electron chi connectivity index (χ4n) is 5.87. The second-order valence-electron chi connectivity index (χ2n) is 12.3. The molecule has 4 aromatic carbocycles. The largest absolute Gasteiger partial charge is 0.497 e. The predicted octanol–water partition coefficient (Wildman–Crippen LogP) is 9.30. The highest BCUT2D eigenvalue weighted by Crippen LogP contribution is 2.37. The van der Waals surface area contributed by atoms with Crippen molar-refractivity contribution in [1.29, 1.82) is 0 Å². The van der Waals surface area contributed by atoms with E-state index in [9.17, 15) is 0 Å². The molecule has 0 fully saturated rings. The van der Waals surface area contributed by atoms with Crippen LogP contribution >= 0.6 is 11.8 Å². The molecule has 0 aliphatic heterocycles. The van der Waals surface area contributed by atoms with Crippen LogP contribution in [0.3, 0.4) is 0 Å². The molecule has 0 saturated heterocycles. The highest BCUT2D eigenvalue weighted by Gasteiger charge is 2.32. The summed E-state index contributed by atoms with van der Waals surface area (Å²) in [5, 5.41) is 14.5. The van der Waals surface area contributed by atoms with Crippen molar-refractivity contribution < 1.29 is 23.7 Å². The molecule has 0 heterocycles.